The van der Waals surface area contributed by atoms with E-state index >= 15 is 0 Å². The van der Waals surface area contributed by atoms with E-state index in [4.69, 9.17) is 23.2 Å². The van der Waals surface area contributed by atoms with Gasteiger partial charge in [0.2, 0.25) is 0 Å². The highest BCUT2D eigenvalue weighted by Gasteiger charge is 2.30. The zero-order valence-corrected chi connectivity index (χ0v) is 19.7. The van der Waals surface area contributed by atoms with Crippen molar-refractivity contribution in [3.63, 3.8) is 0 Å². The van der Waals surface area contributed by atoms with Crippen LogP contribution in [0.15, 0.2) is 64.6 Å². The lowest BCUT2D eigenvalue weighted by Gasteiger charge is -2.32. The fourth-order valence-corrected chi connectivity index (χ4v) is 5.49. The van der Waals surface area contributed by atoms with Crippen molar-refractivity contribution in [1.29, 1.82) is 0 Å². The van der Waals surface area contributed by atoms with E-state index in [9.17, 15) is 18.0 Å². The monoisotopic (exact) mass is 522 g/mol. The maximum Gasteiger partial charge on any atom is 0.416 e. The van der Waals surface area contributed by atoms with Crippen LogP contribution in [0.5, 0.6) is 0 Å². The first kappa shape index (κ1) is 23.1. The molecule has 0 saturated heterocycles. The van der Waals surface area contributed by atoms with Crippen LogP contribution in [-0.2, 0) is 15.8 Å². The van der Waals surface area contributed by atoms with Crippen LogP contribution in [-0.4, -0.2) is 24.0 Å². The second-order valence-electron chi connectivity index (χ2n) is 7.70. The van der Waals surface area contributed by atoms with Gasteiger partial charge in [0, 0.05) is 22.8 Å². The van der Waals surface area contributed by atoms with Crippen molar-refractivity contribution < 1.29 is 22.8 Å². The number of halogens is 5. The van der Waals surface area contributed by atoms with Gasteiger partial charge in [-0.25, -0.2) is 4.79 Å². The van der Waals surface area contributed by atoms with Gasteiger partial charge < -0.3 is 9.74 Å². The van der Waals surface area contributed by atoms with E-state index in [-0.39, 0.29) is 11.4 Å². The average Bonchev–Trinajstić information content (AvgIpc) is 3.25. The van der Waals surface area contributed by atoms with E-state index in [2.05, 4.69) is 14.9 Å². The molecule has 0 spiro atoms. The van der Waals surface area contributed by atoms with E-state index in [1.165, 1.54) is 12.1 Å². The van der Waals surface area contributed by atoms with Gasteiger partial charge in [0.15, 0.2) is 0 Å². The molecular weight excluding hydrogens is 508 g/mol. The van der Waals surface area contributed by atoms with E-state index in [1.54, 1.807) is 17.8 Å². The molecule has 2 heterocycles. The van der Waals surface area contributed by atoms with E-state index in [0.29, 0.717) is 34.1 Å². The van der Waals surface area contributed by atoms with E-state index in [0.717, 1.165) is 34.0 Å². The number of thioether (sulfide) groups is 1. The molecule has 0 aliphatic carbocycles. The third kappa shape index (κ3) is 4.26. The molecule has 0 radical (unpaired) electrons. The van der Waals surface area contributed by atoms with Crippen molar-refractivity contribution in [3.8, 4) is 11.1 Å². The zero-order valence-electron chi connectivity index (χ0n) is 17.3. The minimum atomic E-state index is -4.37. The molecule has 0 bridgehead atoms. The fourth-order valence-electron chi connectivity index (χ4n) is 3.92. The summed E-state index contributed by atoms with van der Waals surface area (Å²) < 4.78 is 38.7. The largest absolute Gasteiger partial charge is 0.416 e. The summed E-state index contributed by atoms with van der Waals surface area (Å²) in [6.07, 6.45) is -4.33. The van der Waals surface area contributed by atoms with Crippen LogP contribution in [0.2, 0.25) is 10.0 Å². The van der Waals surface area contributed by atoms with Gasteiger partial charge in [0.25, 0.3) is 0 Å². The summed E-state index contributed by atoms with van der Waals surface area (Å²) >= 11 is 14.8. The van der Waals surface area contributed by atoms with Gasteiger partial charge in [-0.05, 0) is 47.5 Å². The lowest BCUT2D eigenvalue weighted by Crippen LogP contribution is -2.24. The quantitative estimate of drug-likeness (QED) is 0.332. The Morgan fingerprint density at radius 2 is 1.65 bits per heavy atom. The summed E-state index contributed by atoms with van der Waals surface area (Å²) in [5.41, 5.74) is 3.46. The van der Waals surface area contributed by atoms with Crippen LogP contribution >= 0.6 is 35.0 Å². The molecule has 5 rings (SSSR count). The van der Waals surface area contributed by atoms with Crippen LogP contribution in [0.25, 0.3) is 11.1 Å². The van der Waals surface area contributed by atoms with Crippen molar-refractivity contribution in [2.45, 2.75) is 17.5 Å². The van der Waals surface area contributed by atoms with Gasteiger partial charge in [0.1, 0.15) is 5.71 Å². The molecule has 174 valence electrons. The summed E-state index contributed by atoms with van der Waals surface area (Å²) in [5.74, 6) is 0.339. The van der Waals surface area contributed by atoms with Crippen molar-refractivity contribution in [1.82, 2.24) is 0 Å². The summed E-state index contributed by atoms with van der Waals surface area (Å²) in [5, 5.41) is 4.40. The summed E-state index contributed by atoms with van der Waals surface area (Å²) in [6, 6.07) is 14.5. The Balaban J connectivity index is 1.47. The van der Waals surface area contributed by atoms with Crippen LogP contribution in [0.1, 0.15) is 17.5 Å². The Labute approximate surface area is 207 Å². The Bertz CT molecular complexity index is 1330. The molecule has 0 unspecified atom stereocenters. The number of hydrogen-bond acceptors (Lipinski definition) is 5. The van der Waals surface area contributed by atoms with Gasteiger partial charge in [0.05, 0.1) is 33.4 Å². The maximum absolute atomic E-state index is 12.9. The first-order valence-electron chi connectivity index (χ1n) is 10.2. The fraction of sp³-hybridized carbons (Fsp3) is 0.167. The van der Waals surface area contributed by atoms with Crippen LogP contribution < -0.4 is 4.90 Å². The molecule has 0 amide bonds. The molecule has 34 heavy (non-hydrogen) atoms. The van der Waals surface area contributed by atoms with Crippen molar-refractivity contribution in [2.75, 3.05) is 17.2 Å². The number of anilines is 2. The van der Waals surface area contributed by atoms with Crippen molar-refractivity contribution in [2.24, 2.45) is 5.16 Å². The molecule has 0 aromatic heterocycles. The second kappa shape index (κ2) is 8.83. The highest BCUT2D eigenvalue weighted by atomic mass is 35.5. The minimum Gasteiger partial charge on any atom is -0.338 e. The zero-order chi connectivity index (χ0) is 24.0. The molecule has 0 saturated carbocycles. The number of oxime groups is 1. The van der Waals surface area contributed by atoms with Gasteiger partial charge in [-0.3, -0.25) is 0 Å². The number of nitrogens with zero attached hydrogens (tertiary/aromatic N) is 2. The molecular formula is C24H15Cl2F3N2O2S. The van der Waals surface area contributed by atoms with Gasteiger partial charge in [-0.2, -0.15) is 13.2 Å². The van der Waals surface area contributed by atoms with Crippen LogP contribution in [0.4, 0.5) is 24.5 Å². The Hall–Kier alpha value is -2.68. The van der Waals surface area contributed by atoms with E-state index in [1.807, 2.05) is 24.3 Å². The standard InChI is InChI=1S/C24H15Cl2F3N2O2S/c25-22-16(17-12-21(32)33-30-17)6-8-19(23(22)26)31-9-10-34-20-11-14(3-7-18(20)31)13-1-4-15(5-2-13)24(27,28)29/h1-8,11H,9-10,12H2. The number of carbonyl (C=O) groups excluding carboxylic acids is 1. The lowest BCUT2D eigenvalue weighted by molar-refractivity contribution is -0.140. The Kier molecular flexibility index (Phi) is 6.00. The molecule has 4 nitrogen and oxygen atoms in total. The first-order valence-corrected chi connectivity index (χ1v) is 11.9. The van der Waals surface area contributed by atoms with Crippen LogP contribution in [0, 0.1) is 0 Å². The predicted molar refractivity (Wildman–Crippen MR) is 128 cm³/mol. The van der Waals surface area contributed by atoms with Crippen LogP contribution in [0.3, 0.4) is 0 Å². The number of alkyl halides is 3. The van der Waals surface area contributed by atoms with E-state index < -0.39 is 17.7 Å². The van der Waals surface area contributed by atoms with Gasteiger partial charge in [-0.15, -0.1) is 11.8 Å². The molecule has 0 N–H and O–H groups in total. The smallest absolute Gasteiger partial charge is 0.338 e. The lowest BCUT2D eigenvalue weighted by atomic mass is 10.0. The number of carbonyl (C=O) groups is 1. The van der Waals surface area contributed by atoms with Gasteiger partial charge >= 0.3 is 12.1 Å². The molecule has 2 aliphatic heterocycles. The number of hydrogen-bond donors (Lipinski definition) is 0. The third-order valence-corrected chi connectivity index (χ3v) is 7.50. The first-order chi connectivity index (χ1) is 16.2. The Morgan fingerprint density at radius 1 is 0.941 bits per heavy atom. The molecule has 10 heteroatoms. The summed E-state index contributed by atoms with van der Waals surface area (Å²) in [7, 11) is 0. The van der Waals surface area contributed by atoms with Crippen molar-refractivity contribution in [3.05, 3.63) is 75.8 Å². The summed E-state index contributed by atoms with van der Waals surface area (Å²) in [6.45, 7) is 0.690. The summed E-state index contributed by atoms with van der Waals surface area (Å²) in [4.78, 5) is 19.1. The SMILES string of the molecule is O=C1CC(c2ccc(N3CCSc4cc(-c5ccc(C(F)(F)F)cc5)ccc43)c(Cl)c2Cl)=NO1. The highest BCUT2D eigenvalue weighted by molar-refractivity contribution is 7.99. The molecule has 0 atom stereocenters. The molecule has 3 aromatic rings. The van der Waals surface area contributed by atoms with Gasteiger partial charge in [-0.1, -0.05) is 46.6 Å². The van der Waals surface area contributed by atoms with Crippen molar-refractivity contribution >= 4 is 58.0 Å². The molecule has 2 aliphatic rings. The average molecular weight is 523 g/mol. The normalized spacial score (nSPS) is 15.7. The third-order valence-electron chi connectivity index (χ3n) is 5.60. The minimum absolute atomic E-state index is 0.0330. The molecule has 3 aromatic carbocycles. The molecule has 0 fully saturated rings. The number of benzene rings is 3. The predicted octanol–water partition coefficient (Wildman–Crippen LogP) is 7.57. The topological polar surface area (TPSA) is 41.9 Å². The second-order valence-corrected chi connectivity index (χ2v) is 9.59. The maximum atomic E-state index is 12.9. The Morgan fingerprint density at radius 3 is 2.32 bits per heavy atom. The highest BCUT2D eigenvalue weighted by Crippen LogP contribution is 2.45. The number of fused-ring (bicyclic) bond motifs is 1. The number of rotatable bonds is 3.